The summed E-state index contributed by atoms with van der Waals surface area (Å²) in [7, 11) is 1.71. The molecule has 0 unspecified atom stereocenters. The van der Waals surface area contributed by atoms with Crippen molar-refractivity contribution in [1.82, 2.24) is 9.97 Å². The molecule has 1 aromatic rings. The quantitative estimate of drug-likeness (QED) is 0.678. The van der Waals surface area contributed by atoms with E-state index in [0.29, 0.717) is 5.82 Å². The van der Waals surface area contributed by atoms with Gasteiger partial charge in [-0.25, -0.2) is 4.98 Å². The fourth-order valence-electron chi connectivity index (χ4n) is 1.07. The molecule has 0 fully saturated rings. The Morgan fingerprint density at radius 2 is 2.00 bits per heavy atom. The average molecular weight is 193 g/mol. The summed E-state index contributed by atoms with van der Waals surface area (Å²) in [4.78, 5) is 21.3. The van der Waals surface area contributed by atoms with Gasteiger partial charge in [0.15, 0.2) is 5.82 Å². The van der Waals surface area contributed by atoms with Gasteiger partial charge in [0, 0.05) is 24.9 Å². The Morgan fingerprint density at radius 3 is 2.43 bits per heavy atom. The van der Waals surface area contributed by atoms with E-state index in [-0.39, 0.29) is 5.91 Å². The van der Waals surface area contributed by atoms with Crippen LogP contribution in [0, 0.1) is 5.41 Å². The molecule has 0 atom stereocenters. The maximum atomic E-state index is 11.8. The molecule has 0 bridgehead atoms. The number of carbonyl (C=O) groups excluding carboxylic acids is 1. The first-order valence-corrected chi connectivity index (χ1v) is 4.47. The van der Waals surface area contributed by atoms with E-state index in [1.807, 2.05) is 20.8 Å². The molecule has 4 heteroatoms. The van der Waals surface area contributed by atoms with Crippen LogP contribution in [-0.2, 0) is 4.79 Å². The van der Waals surface area contributed by atoms with Gasteiger partial charge in [-0.05, 0) is 0 Å². The first-order valence-electron chi connectivity index (χ1n) is 4.47. The Balaban J connectivity index is 2.87. The zero-order valence-electron chi connectivity index (χ0n) is 8.98. The summed E-state index contributed by atoms with van der Waals surface area (Å²) in [6, 6.07) is 0. The Bertz CT molecular complexity index is 316. The minimum atomic E-state index is -0.397. The molecule has 0 saturated carbocycles. The Kier molecular flexibility index (Phi) is 2.84. The largest absolute Gasteiger partial charge is 0.298 e. The maximum absolute atomic E-state index is 11.8. The van der Waals surface area contributed by atoms with Crippen LogP contribution in [0.4, 0.5) is 5.82 Å². The van der Waals surface area contributed by atoms with Crippen molar-refractivity contribution in [1.29, 1.82) is 0 Å². The first kappa shape index (κ1) is 10.6. The van der Waals surface area contributed by atoms with Crippen molar-refractivity contribution in [2.45, 2.75) is 20.8 Å². The molecule has 0 spiro atoms. The molecule has 0 aromatic carbocycles. The van der Waals surface area contributed by atoms with E-state index < -0.39 is 5.41 Å². The summed E-state index contributed by atoms with van der Waals surface area (Å²) >= 11 is 0. The van der Waals surface area contributed by atoms with Crippen LogP contribution in [0.1, 0.15) is 20.8 Å². The van der Waals surface area contributed by atoms with Crippen molar-refractivity contribution in [3.8, 4) is 0 Å². The minimum absolute atomic E-state index is 0.0259. The molecule has 0 aliphatic heterocycles. The summed E-state index contributed by atoms with van der Waals surface area (Å²) in [5.74, 6) is 0.602. The number of amides is 1. The number of nitrogens with zero attached hydrogens (tertiary/aromatic N) is 3. The normalized spacial score (nSPS) is 11.1. The van der Waals surface area contributed by atoms with Crippen molar-refractivity contribution in [3.63, 3.8) is 0 Å². The van der Waals surface area contributed by atoms with E-state index in [9.17, 15) is 4.79 Å². The van der Waals surface area contributed by atoms with Crippen LogP contribution >= 0.6 is 0 Å². The van der Waals surface area contributed by atoms with Crippen LogP contribution in [-0.4, -0.2) is 22.9 Å². The fraction of sp³-hybridized carbons (Fsp3) is 0.500. The highest BCUT2D eigenvalue weighted by Gasteiger charge is 2.26. The zero-order chi connectivity index (χ0) is 10.8. The molecular formula is C10H15N3O. The lowest BCUT2D eigenvalue weighted by Gasteiger charge is -2.24. The maximum Gasteiger partial charge on any atom is 0.233 e. The second-order valence-corrected chi connectivity index (χ2v) is 4.18. The predicted molar refractivity (Wildman–Crippen MR) is 54.9 cm³/mol. The third-order valence-corrected chi connectivity index (χ3v) is 1.84. The van der Waals surface area contributed by atoms with E-state index in [0.717, 1.165) is 0 Å². The standard InChI is InChI=1S/C10H15N3O/c1-10(2,3)9(14)13(4)8-7-11-5-6-12-8/h5-7H,1-4H3. The summed E-state index contributed by atoms with van der Waals surface area (Å²) in [5.41, 5.74) is -0.397. The second-order valence-electron chi connectivity index (χ2n) is 4.18. The summed E-state index contributed by atoms with van der Waals surface area (Å²) in [5, 5.41) is 0. The SMILES string of the molecule is CN(C(=O)C(C)(C)C)c1cnccn1. The number of aromatic nitrogens is 2. The lowest BCUT2D eigenvalue weighted by atomic mass is 9.95. The molecule has 0 radical (unpaired) electrons. The lowest BCUT2D eigenvalue weighted by Crippen LogP contribution is -2.37. The van der Waals surface area contributed by atoms with Crippen LogP contribution in [0.25, 0.3) is 0 Å². The molecule has 4 nitrogen and oxygen atoms in total. The highest BCUT2D eigenvalue weighted by atomic mass is 16.2. The number of hydrogen-bond acceptors (Lipinski definition) is 3. The second kappa shape index (κ2) is 3.74. The molecular weight excluding hydrogens is 178 g/mol. The van der Waals surface area contributed by atoms with Crippen LogP contribution < -0.4 is 4.90 Å². The van der Waals surface area contributed by atoms with Crippen molar-refractivity contribution in [2.24, 2.45) is 5.41 Å². The summed E-state index contributed by atoms with van der Waals surface area (Å²) < 4.78 is 0. The molecule has 0 aliphatic carbocycles. The fourth-order valence-corrected chi connectivity index (χ4v) is 1.07. The molecule has 1 heterocycles. The molecule has 1 amide bonds. The zero-order valence-corrected chi connectivity index (χ0v) is 8.98. The number of hydrogen-bond donors (Lipinski definition) is 0. The molecule has 76 valence electrons. The molecule has 1 rings (SSSR count). The minimum Gasteiger partial charge on any atom is -0.298 e. The summed E-state index contributed by atoms with van der Waals surface area (Å²) in [6.07, 6.45) is 4.73. The molecule has 14 heavy (non-hydrogen) atoms. The van der Waals surface area contributed by atoms with Gasteiger partial charge in [-0.3, -0.25) is 14.7 Å². The highest BCUT2D eigenvalue weighted by molar-refractivity contribution is 5.95. The highest BCUT2D eigenvalue weighted by Crippen LogP contribution is 2.19. The van der Waals surface area contributed by atoms with Gasteiger partial charge in [0.05, 0.1) is 6.20 Å². The van der Waals surface area contributed by atoms with Crippen LogP contribution in [0.3, 0.4) is 0 Å². The molecule has 0 aliphatic rings. The lowest BCUT2D eigenvalue weighted by molar-refractivity contribution is -0.125. The van der Waals surface area contributed by atoms with E-state index >= 15 is 0 Å². The smallest absolute Gasteiger partial charge is 0.233 e. The molecule has 0 saturated heterocycles. The van der Waals surface area contributed by atoms with Crippen molar-refractivity contribution in [2.75, 3.05) is 11.9 Å². The number of anilines is 1. The van der Waals surface area contributed by atoms with E-state index in [4.69, 9.17) is 0 Å². The van der Waals surface area contributed by atoms with Gasteiger partial charge in [0.25, 0.3) is 0 Å². The van der Waals surface area contributed by atoms with Crippen molar-refractivity contribution < 1.29 is 4.79 Å². The topological polar surface area (TPSA) is 46.1 Å². The van der Waals surface area contributed by atoms with Gasteiger partial charge in [0.2, 0.25) is 5.91 Å². The van der Waals surface area contributed by atoms with Crippen LogP contribution in [0.2, 0.25) is 0 Å². The van der Waals surface area contributed by atoms with E-state index in [1.54, 1.807) is 25.6 Å². The average Bonchev–Trinajstić information content (AvgIpc) is 2.15. The first-order chi connectivity index (χ1) is 6.43. The van der Waals surface area contributed by atoms with Crippen molar-refractivity contribution in [3.05, 3.63) is 18.6 Å². The molecule has 0 N–H and O–H groups in total. The third-order valence-electron chi connectivity index (χ3n) is 1.84. The number of carbonyl (C=O) groups is 1. The van der Waals surface area contributed by atoms with E-state index in [1.165, 1.54) is 4.90 Å². The monoisotopic (exact) mass is 193 g/mol. The van der Waals surface area contributed by atoms with Crippen LogP contribution in [0.5, 0.6) is 0 Å². The Morgan fingerprint density at radius 1 is 1.36 bits per heavy atom. The molecule has 1 aromatic heterocycles. The summed E-state index contributed by atoms with van der Waals surface area (Å²) in [6.45, 7) is 5.63. The van der Waals surface area contributed by atoms with Gasteiger partial charge >= 0.3 is 0 Å². The number of rotatable bonds is 1. The van der Waals surface area contributed by atoms with Gasteiger partial charge in [-0.2, -0.15) is 0 Å². The van der Waals surface area contributed by atoms with Gasteiger partial charge in [-0.1, -0.05) is 20.8 Å². The Hall–Kier alpha value is -1.45. The van der Waals surface area contributed by atoms with Gasteiger partial charge in [0.1, 0.15) is 0 Å². The van der Waals surface area contributed by atoms with Gasteiger partial charge < -0.3 is 0 Å². The third kappa shape index (κ3) is 2.28. The predicted octanol–water partition coefficient (Wildman–Crippen LogP) is 1.49. The van der Waals surface area contributed by atoms with E-state index in [2.05, 4.69) is 9.97 Å². The Labute approximate surface area is 84.0 Å². The van der Waals surface area contributed by atoms with Crippen LogP contribution in [0.15, 0.2) is 18.6 Å². The van der Waals surface area contributed by atoms with Gasteiger partial charge in [-0.15, -0.1) is 0 Å². The van der Waals surface area contributed by atoms with Crippen molar-refractivity contribution >= 4 is 11.7 Å².